The van der Waals surface area contributed by atoms with Crippen LogP contribution in [0.5, 0.6) is 0 Å². The first-order valence-electron chi connectivity index (χ1n) is 4.24. The number of nitrogens with one attached hydrogen (secondary N) is 2. The molecule has 2 N–H and O–H groups in total. The van der Waals surface area contributed by atoms with Crippen molar-refractivity contribution in [2.24, 2.45) is 0 Å². The Morgan fingerprint density at radius 3 is 3.08 bits per heavy atom. The van der Waals surface area contributed by atoms with E-state index in [1.807, 2.05) is 24.3 Å². The molecule has 4 heteroatoms. The lowest BCUT2D eigenvalue weighted by molar-refractivity contribution is 1.00. The smallest absolute Gasteiger partial charge is 0.181 e. The highest BCUT2D eigenvalue weighted by Gasteiger charge is 2.00. The van der Waals surface area contributed by atoms with Crippen molar-refractivity contribution in [1.82, 2.24) is 14.7 Å². The Hall–Kier alpha value is -1.00. The van der Waals surface area contributed by atoms with Crippen molar-refractivity contribution in [2.75, 3.05) is 6.54 Å². The molecule has 0 amide bonds. The maximum absolute atomic E-state index is 4.40. The first kappa shape index (κ1) is 8.59. The summed E-state index contributed by atoms with van der Waals surface area (Å²) in [5.74, 6) is 0. The van der Waals surface area contributed by atoms with E-state index in [2.05, 4.69) is 21.6 Å². The van der Waals surface area contributed by atoms with Gasteiger partial charge < -0.3 is 4.98 Å². The first-order chi connectivity index (χ1) is 6.40. The molecule has 0 saturated carbocycles. The summed E-state index contributed by atoms with van der Waals surface area (Å²) in [4.78, 5) is 7.61. The Bertz CT molecular complexity index is 363. The van der Waals surface area contributed by atoms with Gasteiger partial charge in [-0.05, 0) is 24.1 Å². The molecule has 1 heterocycles. The quantitative estimate of drug-likeness (QED) is 0.734. The van der Waals surface area contributed by atoms with E-state index >= 15 is 0 Å². The van der Waals surface area contributed by atoms with E-state index in [1.54, 1.807) is 0 Å². The molecule has 0 spiro atoms. The van der Waals surface area contributed by atoms with Crippen LogP contribution in [0.4, 0.5) is 0 Å². The molecule has 3 nitrogen and oxygen atoms in total. The van der Waals surface area contributed by atoms with E-state index in [9.17, 15) is 0 Å². The van der Waals surface area contributed by atoms with Crippen molar-refractivity contribution < 1.29 is 0 Å². The van der Waals surface area contributed by atoms with Gasteiger partial charge >= 0.3 is 0 Å². The molecule has 0 aliphatic heterocycles. The van der Waals surface area contributed by atoms with Crippen molar-refractivity contribution in [3.63, 3.8) is 0 Å². The fraction of sp³-hybridized carbons (Fsp3) is 0.222. The molecule has 0 saturated heterocycles. The molecule has 1 aromatic heterocycles. The normalized spacial score (nSPS) is 10.8. The van der Waals surface area contributed by atoms with E-state index in [0.29, 0.717) is 0 Å². The molecule has 0 aliphatic rings. The van der Waals surface area contributed by atoms with Crippen LogP contribution in [0.15, 0.2) is 29.4 Å². The largest absolute Gasteiger partial charge is 0.332 e. The summed E-state index contributed by atoms with van der Waals surface area (Å²) >= 11 is 1.53. The minimum atomic E-state index is 0.919. The Morgan fingerprint density at radius 1 is 1.46 bits per heavy atom. The van der Waals surface area contributed by atoms with Gasteiger partial charge in [-0.3, -0.25) is 4.72 Å². The lowest BCUT2D eigenvalue weighted by Gasteiger charge is -1.93. The highest BCUT2D eigenvalue weighted by molar-refractivity contribution is 7.97. The number of aromatic nitrogens is 2. The van der Waals surface area contributed by atoms with Crippen molar-refractivity contribution in [2.45, 2.75) is 12.1 Å². The van der Waals surface area contributed by atoms with E-state index in [4.69, 9.17) is 0 Å². The van der Waals surface area contributed by atoms with Gasteiger partial charge in [-0.15, -0.1) is 0 Å². The maximum atomic E-state index is 4.40. The van der Waals surface area contributed by atoms with Crippen LogP contribution in [0.2, 0.25) is 0 Å². The number of benzene rings is 1. The molecule has 2 aromatic rings. The lowest BCUT2D eigenvalue weighted by atomic mass is 10.3. The van der Waals surface area contributed by atoms with E-state index in [0.717, 1.165) is 22.7 Å². The molecule has 2 rings (SSSR count). The maximum Gasteiger partial charge on any atom is 0.181 e. The highest BCUT2D eigenvalue weighted by atomic mass is 32.2. The summed E-state index contributed by atoms with van der Waals surface area (Å²) in [6, 6.07) is 8.02. The summed E-state index contributed by atoms with van der Waals surface area (Å²) in [6.07, 6.45) is 0. The van der Waals surface area contributed by atoms with Crippen molar-refractivity contribution >= 4 is 23.0 Å². The average molecular weight is 193 g/mol. The number of imidazole rings is 1. The molecular formula is C9H11N3S. The summed E-state index contributed by atoms with van der Waals surface area (Å²) in [7, 11) is 0. The molecule has 0 unspecified atom stereocenters. The van der Waals surface area contributed by atoms with Crippen LogP contribution in [0.25, 0.3) is 11.0 Å². The van der Waals surface area contributed by atoms with Gasteiger partial charge in [-0.2, -0.15) is 0 Å². The number of hydrogen-bond donors (Lipinski definition) is 2. The second-order valence-electron chi connectivity index (χ2n) is 2.66. The van der Waals surface area contributed by atoms with Gasteiger partial charge in [0.1, 0.15) is 0 Å². The van der Waals surface area contributed by atoms with Crippen molar-refractivity contribution in [3.05, 3.63) is 24.3 Å². The van der Waals surface area contributed by atoms with Crippen molar-refractivity contribution in [3.8, 4) is 0 Å². The van der Waals surface area contributed by atoms with Crippen LogP contribution < -0.4 is 4.72 Å². The van der Waals surface area contributed by atoms with E-state index in [-0.39, 0.29) is 0 Å². The Balaban J connectivity index is 2.28. The predicted molar refractivity (Wildman–Crippen MR) is 55.6 cm³/mol. The number of nitrogens with zero attached hydrogens (tertiary/aromatic N) is 1. The Labute approximate surface area is 81.1 Å². The molecule has 13 heavy (non-hydrogen) atoms. The van der Waals surface area contributed by atoms with Gasteiger partial charge in [0.15, 0.2) is 5.16 Å². The first-order valence-corrected chi connectivity index (χ1v) is 5.06. The third kappa shape index (κ3) is 1.84. The third-order valence-corrected chi connectivity index (χ3v) is 2.50. The van der Waals surface area contributed by atoms with Crippen LogP contribution in [0.1, 0.15) is 6.92 Å². The standard InChI is InChI=1S/C9H11N3S/c1-2-10-13-9-11-7-5-3-4-6-8(7)12-9/h3-6,10H,2H2,1H3,(H,11,12). The second kappa shape index (κ2) is 3.81. The average Bonchev–Trinajstić information content (AvgIpc) is 2.57. The zero-order chi connectivity index (χ0) is 9.10. The molecule has 68 valence electrons. The van der Waals surface area contributed by atoms with Gasteiger partial charge in [0, 0.05) is 6.54 Å². The lowest BCUT2D eigenvalue weighted by Crippen LogP contribution is -2.00. The monoisotopic (exact) mass is 193 g/mol. The molecule has 0 radical (unpaired) electrons. The number of hydrogen-bond acceptors (Lipinski definition) is 3. The molecule has 0 fully saturated rings. The third-order valence-electron chi connectivity index (χ3n) is 1.68. The summed E-state index contributed by atoms with van der Waals surface area (Å²) in [6.45, 7) is 3.00. The van der Waals surface area contributed by atoms with E-state index < -0.39 is 0 Å². The molecule has 0 aliphatic carbocycles. The number of rotatable bonds is 3. The van der Waals surface area contributed by atoms with Crippen LogP contribution in [-0.2, 0) is 0 Å². The van der Waals surface area contributed by atoms with Gasteiger partial charge in [0.25, 0.3) is 0 Å². The van der Waals surface area contributed by atoms with Crippen molar-refractivity contribution in [1.29, 1.82) is 0 Å². The summed E-state index contributed by atoms with van der Waals surface area (Å²) < 4.78 is 3.15. The SMILES string of the molecule is CCNSc1nc2ccccc2[nH]1. The molecule has 0 atom stereocenters. The topological polar surface area (TPSA) is 40.7 Å². The fourth-order valence-corrected chi connectivity index (χ4v) is 1.70. The number of aromatic amines is 1. The molecule has 1 aromatic carbocycles. The van der Waals surface area contributed by atoms with Crippen LogP contribution in [0.3, 0.4) is 0 Å². The Kier molecular flexibility index (Phi) is 2.52. The van der Waals surface area contributed by atoms with Crippen LogP contribution in [0, 0.1) is 0 Å². The minimum Gasteiger partial charge on any atom is -0.332 e. The van der Waals surface area contributed by atoms with Crippen LogP contribution >= 0.6 is 11.9 Å². The minimum absolute atomic E-state index is 0.919. The molecule has 0 bridgehead atoms. The van der Waals surface area contributed by atoms with Gasteiger partial charge in [-0.25, -0.2) is 4.98 Å². The second-order valence-corrected chi connectivity index (χ2v) is 3.54. The van der Waals surface area contributed by atoms with Gasteiger partial charge in [-0.1, -0.05) is 19.1 Å². The zero-order valence-corrected chi connectivity index (χ0v) is 8.19. The number of H-pyrrole nitrogens is 1. The highest BCUT2D eigenvalue weighted by Crippen LogP contribution is 2.16. The van der Waals surface area contributed by atoms with Gasteiger partial charge in [0.2, 0.25) is 0 Å². The molecular weight excluding hydrogens is 182 g/mol. The Morgan fingerprint density at radius 2 is 2.31 bits per heavy atom. The number of fused-ring (bicyclic) bond motifs is 1. The fourth-order valence-electron chi connectivity index (χ4n) is 1.12. The predicted octanol–water partition coefficient (Wildman–Crippen LogP) is 2.18. The number of para-hydroxylation sites is 2. The summed E-state index contributed by atoms with van der Waals surface area (Å²) in [5, 5.41) is 0.919. The van der Waals surface area contributed by atoms with E-state index in [1.165, 1.54) is 11.9 Å². The zero-order valence-electron chi connectivity index (χ0n) is 7.37. The van der Waals surface area contributed by atoms with Gasteiger partial charge in [0.05, 0.1) is 11.0 Å². The van der Waals surface area contributed by atoms with Crippen LogP contribution in [-0.4, -0.2) is 16.5 Å². The summed E-state index contributed by atoms with van der Waals surface area (Å²) in [5.41, 5.74) is 2.10.